The summed E-state index contributed by atoms with van der Waals surface area (Å²) in [5.41, 5.74) is 5.67. The van der Waals surface area contributed by atoms with E-state index in [2.05, 4.69) is 19.2 Å². The zero-order valence-electron chi connectivity index (χ0n) is 8.06. The third-order valence-corrected chi connectivity index (χ3v) is 2.48. The Bertz CT molecular complexity index is 79.6. The van der Waals surface area contributed by atoms with E-state index in [-0.39, 0.29) is 0 Å². The third-order valence-electron chi connectivity index (χ3n) is 2.48. The lowest BCUT2D eigenvalue weighted by molar-refractivity contribution is 0.313. The molecule has 11 heavy (non-hydrogen) atoms. The highest BCUT2D eigenvalue weighted by Crippen LogP contribution is 2.17. The summed E-state index contributed by atoms with van der Waals surface area (Å²) in [5, 5.41) is 3.19. The normalized spacial score (nSPS) is 13.9. The van der Waals surface area contributed by atoms with Crippen molar-refractivity contribution in [2.75, 3.05) is 20.1 Å². The fourth-order valence-corrected chi connectivity index (χ4v) is 1.66. The van der Waals surface area contributed by atoms with Gasteiger partial charge >= 0.3 is 0 Å². The second kappa shape index (κ2) is 6.62. The molecule has 0 saturated heterocycles. The van der Waals surface area contributed by atoms with Crippen LogP contribution in [0.1, 0.15) is 26.7 Å². The fraction of sp³-hybridized carbons (Fsp3) is 1.00. The lowest BCUT2D eigenvalue weighted by atomic mass is 9.88. The van der Waals surface area contributed by atoms with Crippen LogP contribution in [0.25, 0.3) is 0 Å². The molecule has 2 heteroatoms. The van der Waals surface area contributed by atoms with Crippen molar-refractivity contribution in [2.45, 2.75) is 26.7 Å². The zero-order chi connectivity index (χ0) is 8.69. The maximum atomic E-state index is 5.67. The Balaban J connectivity index is 3.76. The van der Waals surface area contributed by atoms with Crippen molar-refractivity contribution in [1.29, 1.82) is 0 Å². The molecule has 0 aromatic heterocycles. The van der Waals surface area contributed by atoms with Crippen LogP contribution in [-0.4, -0.2) is 20.1 Å². The summed E-state index contributed by atoms with van der Waals surface area (Å²) in [6.45, 7) is 6.36. The SMILES string of the molecule is CCC(CC)C(CN)CNC. The van der Waals surface area contributed by atoms with Gasteiger partial charge < -0.3 is 11.1 Å². The Labute approximate surface area is 70.5 Å². The minimum absolute atomic E-state index is 0.662. The predicted octanol–water partition coefficient (Wildman–Crippen LogP) is 1.22. The van der Waals surface area contributed by atoms with Gasteiger partial charge in [-0.1, -0.05) is 26.7 Å². The van der Waals surface area contributed by atoms with Gasteiger partial charge in [-0.15, -0.1) is 0 Å². The number of rotatable bonds is 6. The average molecular weight is 158 g/mol. The van der Waals surface area contributed by atoms with E-state index in [1.165, 1.54) is 12.8 Å². The maximum Gasteiger partial charge on any atom is -0.000881 e. The highest BCUT2D eigenvalue weighted by atomic mass is 14.8. The molecule has 0 aliphatic rings. The summed E-state index contributed by atoms with van der Waals surface area (Å²) in [7, 11) is 1.99. The van der Waals surface area contributed by atoms with Crippen molar-refractivity contribution in [1.82, 2.24) is 5.32 Å². The monoisotopic (exact) mass is 158 g/mol. The molecular formula is C9H22N2. The Morgan fingerprint density at radius 2 is 1.73 bits per heavy atom. The minimum Gasteiger partial charge on any atom is -0.330 e. The maximum absolute atomic E-state index is 5.67. The Hall–Kier alpha value is -0.0800. The summed E-state index contributed by atoms with van der Waals surface area (Å²) < 4.78 is 0. The molecule has 0 rings (SSSR count). The third kappa shape index (κ3) is 3.73. The zero-order valence-corrected chi connectivity index (χ0v) is 8.06. The highest BCUT2D eigenvalue weighted by Gasteiger charge is 2.15. The van der Waals surface area contributed by atoms with E-state index in [0.29, 0.717) is 5.92 Å². The first-order valence-corrected chi connectivity index (χ1v) is 4.64. The van der Waals surface area contributed by atoms with Crippen LogP contribution in [0.5, 0.6) is 0 Å². The van der Waals surface area contributed by atoms with E-state index in [0.717, 1.165) is 19.0 Å². The van der Waals surface area contributed by atoms with Crippen LogP contribution in [0, 0.1) is 11.8 Å². The number of nitrogens with two attached hydrogens (primary N) is 1. The Morgan fingerprint density at radius 3 is 2.00 bits per heavy atom. The van der Waals surface area contributed by atoms with E-state index < -0.39 is 0 Å². The molecule has 0 aromatic carbocycles. The van der Waals surface area contributed by atoms with Gasteiger partial charge in [0, 0.05) is 0 Å². The molecule has 0 amide bonds. The molecule has 0 aliphatic heterocycles. The molecule has 0 radical (unpaired) electrons. The van der Waals surface area contributed by atoms with Crippen LogP contribution >= 0.6 is 0 Å². The molecule has 0 spiro atoms. The van der Waals surface area contributed by atoms with Crippen molar-refractivity contribution in [3.05, 3.63) is 0 Å². The topological polar surface area (TPSA) is 38.0 Å². The summed E-state index contributed by atoms with van der Waals surface area (Å²) in [6.07, 6.45) is 2.50. The van der Waals surface area contributed by atoms with Gasteiger partial charge in [-0.25, -0.2) is 0 Å². The van der Waals surface area contributed by atoms with Crippen LogP contribution in [0.3, 0.4) is 0 Å². The van der Waals surface area contributed by atoms with Gasteiger partial charge in [-0.3, -0.25) is 0 Å². The van der Waals surface area contributed by atoms with Crippen LogP contribution in [0.4, 0.5) is 0 Å². The van der Waals surface area contributed by atoms with E-state index >= 15 is 0 Å². The molecule has 0 aliphatic carbocycles. The largest absolute Gasteiger partial charge is 0.330 e. The Morgan fingerprint density at radius 1 is 1.18 bits per heavy atom. The number of hydrogen-bond acceptors (Lipinski definition) is 2. The molecule has 68 valence electrons. The smallest absolute Gasteiger partial charge is 0.000881 e. The highest BCUT2D eigenvalue weighted by molar-refractivity contribution is 4.70. The number of nitrogens with one attached hydrogen (secondary N) is 1. The first-order chi connectivity index (χ1) is 5.29. The predicted molar refractivity (Wildman–Crippen MR) is 50.5 cm³/mol. The molecular weight excluding hydrogens is 136 g/mol. The van der Waals surface area contributed by atoms with Crippen molar-refractivity contribution in [2.24, 2.45) is 17.6 Å². The molecule has 1 unspecified atom stereocenters. The molecule has 0 saturated carbocycles. The first kappa shape index (κ1) is 10.9. The van der Waals surface area contributed by atoms with Crippen LogP contribution in [-0.2, 0) is 0 Å². The van der Waals surface area contributed by atoms with Gasteiger partial charge in [0.05, 0.1) is 0 Å². The molecule has 2 nitrogen and oxygen atoms in total. The van der Waals surface area contributed by atoms with Crippen molar-refractivity contribution in [3.63, 3.8) is 0 Å². The Kier molecular flexibility index (Phi) is 6.57. The van der Waals surface area contributed by atoms with E-state index in [1.54, 1.807) is 0 Å². The van der Waals surface area contributed by atoms with Gasteiger partial charge in [0.1, 0.15) is 0 Å². The quantitative estimate of drug-likeness (QED) is 0.610. The van der Waals surface area contributed by atoms with Crippen molar-refractivity contribution < 1.29 is 0 Å². The van der Waals surface area contributed by atoms with E-state index in [1.807, 2.05) is 7.05 Å². The van der Waals surface area contributed by atoms with Gasteiger partial charge in [-0.05, 0) is 32.0 Å². The lowest BCUT2D eigenvalue weighted by Crippen LogP contribution is -2.31. The van der Waals surface area contributed by atoms with Crippen molar-refractivity contribution in [3.8, 4) is 0 Å². The molecule has 0 fully saturated rings. The second-order valence-corrected chi connectivity index (χ2v) is 3.13. The summed E-state index contributed by atoms with van der Waals surface area (Å²) >= 11 is 0. The summed E-state index contributed by atoms with van der Waals surface area (Å²) in [5.74, 6) is 1.46. The minimum atomic E-state index is 0.662. The molecule has 0 bridgehead atoms. The van der Waals surface area contributed by atoms with E-state index in [4.69, 9.17) is 5.73 Å². The van der Waals surface area contributed by atoms with Gasteiger partial charge in [0.15, 0.2) is 0 Å². The van der Waals surface area contributed by atoms with Crippen molar-refractivity contribution >= 4 is 0 Å². The average Bonchev–Trinajstić information content (AvgIpc) is 2.05. The van der Waals surface area contributed by atoms with E-state index in [9.17, 15) is 0 Å². The van der Waals surface area contributed by atoms with Crippen LogP contribution in [0.2, 0.25) is 0 Å². The number of hydrogen-bond donors (Lipinski definition) is 2. The van der Waals surface area contributed by atoms with Crippen LogP contribution < -0.4 is 11.1 Å². The van der Waals surface area contributed by atoms with Gasteiger partial charge in [0.2, 0.25) is 0 Å². The van der Waals surface area contributed by atoms with Crippen LogP contribution in [0.15, 0.2) is 0 Å². The van der Waals surface area contributed by atoms with Gasteiger partial charge in [-0.2, -0.15) is 0 Å². The molecule has 0 heterocycles. The lowest BCUT2D eigenvalue weighted by Gasteiger charge is -2.23. The summed E-state index contributed by atoms with van der Waals surface area (Å²) in [6, 6.07) is 0. The molecule has 1 atom stereocenters. The molecule has 3 N–H and O–H groups in total. The standard InChI is InChI=1S/C9H22N2/c1-4-8(5-2)9(6-10)7-11-3/h8-9,11H,4-7,10H2,1-3H3. The molecule has 0 aromatic rings. The first-order valence-electron chi connectivity index (χ1n) is 4.64. The second-order valence-electron chi connectivity index (χ2n) is 3.13. The fourth-order valence-electron chi connectivity index (χ4n) is 1.66. The summed E-state index contributed by atoms with van der Waals surface area (Å²) in [4.78, 5) is 0. The van der Waals surface area contributed by atoms with Gasteiger partial charge in [0.25, 0.3) is 0 Å².